The molecule has 3 aromatic rings. The zero-order valence-electron chi connectivity index (χ0n) is 16.1. The number of rotatable bonds is 9. The molecule has 0 fully saturated rings. The summed E-state index contributed by atoms with van der Waals surface area (Å²) in [5, 5.41) is 3.48. The average molecular weight is 412 g/mol. The van der Waals surface area contributed by atoms with E-state index in [4.69, 9.17) is 21.1 Å². The van der Waals surface area contributed by atoms with Gasteiger partial charge in [0.1, 0.15) is 12.4 Å². The van der Waals surface area contributed by atoms with Crippen LogP contribution in [0.15, 0.2) is 61.1 Å². The SMILES string of the molecule is Cc1cc(Cl)ccc1OCCCC(=O)Nc1ncccc1OCc1ccncc1. The molecule has 0 aliphatic heterocycles. The highest BCUT2D eigenvalue weighted by Gasteiger charge is 2.10. The third kappa shape index (κ3) is 6.47. The van der Waals surface area contributed by atoms with Gasteiger partial charge in [-0.05, 0) is 66.9 Å². The second-order valence-corrected chi connectivity index (χ2v) is 6.84. The van der Waals surface area contributed by atoms with Crippen LogP contribution in [0.1, 0.15) is 24.0 Å². The van der Waals surface area contributed by atoms with E-state index in [1.807, 2.05) is 31.2 Å². The summed E-state index contributed by atoms with van der Waals surface area (Å²) < 4.78 is 11.5. The fourth-order valence-electron chi connectivity index (χ4n) is 2.63. The van der Waals surface area contributed by atoms with Gasteiger partial charge < -0.3 is 14.8 Å². The van der Waals surface area contributed by atoms with E-state index in [2.05, 4.69) is 15.3 Å². The van der Waals surface area contributed by atoms with Gasteiger partial charge in [0.25, 0.3) is 0 Å². The summed E-state index contributed by atoms with van der Waals surface area (Å²) in [6.45, 7) is 2.73. The number of hydrogen-bond acceptors (Lipinski definition) is 5. The van der Waals surface area contributed by atoms with Crippen molar-refractivity contribution in [3.05, 3.63) is 77.2 Å². The Kier molecular flexibility index (Phi) is 7.41. The maximum absolute atomic E-state index is 12.3. The first-order valence-electron chi connectivity index (χ1n) is 9.27. The maximum atomic E-state index is 12.3. The van der Waals surface area contributed by atoms with Crippen LogP contribution in [0.4, 0.5) is 5.82 Å². The minimum atomic E-state index is -0.145. The maximum Gasteiger partial charge on any atom is 0.225 e. The summed E-state index contributed by atoms with van der Waals surface area (Å²) in [6.07, 6.45) is 5.92. The Balaban J connectivity index is 1.46. The van der Waals surface area contributed by atoms with Gasteiger partial charge >= 0.3 is 0 Å². The Morgan fingerprint density at radius 3 is 2.69 bits per heavy atom. The number of hydrogen-bond donors (Lipinski definition) is 1. The molecule has 0 spiro atoms. The fraction of sp³-hybridized carbons (Fsp3) is 0.227. The molecule has 0 unspecified atom stereocenters. The van der Waals surface area contributed by atoms with Gasteiger partial charge in [-0.25, -0.2) is 4.98 Å². The highest BCUT2D eigenvalue weighted by molar-refractivity contribution is 6.30. The van der Waals surface area contributed by atoms with E-state index >= 15 is 0 Å². The molecule has 0 atom stereocenters. The first-order chi connectivity index (χ1) is 14.1. The molecule has 0 saturated heterocycles. The lowest BCUT2D eigenvalue weighted by molar-refractivity contribution is -0.116. The number of nitrogens with zero attached hydrogens (tertiary/aromatic N) is 2. The molecular weight excluding hydrogens is 390 g/mol. The van der Waals surface area contributed by atoms with E-state index in [1.54, 1.807) is 36.8 Å². The number of anilines is 1. The molecule has 150 valence electrons. The van der Waals surface area contributed by atoms with Crippen molar-refractivity contribution < 1.29 is 14.3 Å². The summed E-state index contributed by atoms with van der Waals surface area (Å²) >= 11 is 5.94. The van der Waals surface area contributed by atoms with Crippen LogP contribution >= 0.6 is 11.6 Å². The zero-order chi connectivity index (χ0) is 20.5. The minimum Gasteiger partial charge on any atom is -0.493 e. The van der Waals surface area contributed by atoms with Crippen LogP contribution < -0.4 is 14.8 Å². The number of carbonyl (C=O) groups excluding carboxylic acids is 1. The summed E-state index contributed by atoms with van der Waals surface area (Å²) in [5.41, 5.74) is 1.95. The number of carbonyl (C=O) groups is 1. The first-order valence-corrected chi connectivity index (χ1v) is 9.65. The molecule has 29 heavy (non-hydrogen) atoms. The van der Waals surface area contributed by atoms with E-state index in [0.29, 0.717) is 42.6 Å². The van der Waals surface area contributed by atoms with Gasteiger partial charge in [-0.2, -0.15) is 0 Å². The second kappa shape index (κ2) is 10.4. The van der Waals surface area contributed by atoms with Gasteiger partial charge in [0.2, 0.25) is 5.91 Å². The molecule has 3 rings (SSSR count). The Morgan fingerprint density at radius 2 is 1.90 bits per heavy atom. The van der Waals surface area contributed by atoms with Crippen LogP contribution in [0.5, 0.6) is 11.5 Å². The molecule has 7 heteroatoms. The summed E-state index contributed by atoms with van der Waals surface area (Å²) in [7, 11) is 0. The number of halogens is 1. The number of amides is 1. The van der Waals surface area contributed by atoms with Crippen LogP contribution in [0.3, 0.4) is 0 Å². The van der Waals surface area contributed by atoms with Crippen molar-refractivity contribution in [1.29, 1.82) is 0 Å². The van der Waals surface area contributed by atoms with Crippen molar-refractivity contribution in [2.24, 2.45) is 0 Å². The topological polar surface area (TPSA) is 73.3 Å². The standard InChI is InChI=1S/C22H22ClN3O3/c1-16-14-18(23)6-7-19(16)28-13-3-5-21(27)26-22-20(4-2-10-25-22)29-15-17-8-11-24-12-9-17/h2,4,6-12,14H,3,5,13,15H2,1H3,(H,25,26,27). The van der Waals surface area contributed by atoms with Crippen molar-refractivity contribution in [2.75, 3.05) is 11.9 Å². The van der Waals surface area contributed by atoms with Crippen molar-refractivity contribution >= 4 is 23.3 Å². The number of benzene rings is 1. The predicted octanol–water partition coefficient (Wildman–Crippen LogP) is 4.82. The molecule has 0 aliphatic rings. The monoisotopic (exact) mass is 411 g/mol. The largest absolute Gasteiger partial charge is 0.493 e. The van der Waals surface area contributed by atoms with E-state index in [9.17, 15) is 4.79 Å². The summed E-state index contributed by atoms with van der Waals surface area (Å²) in [5.74, 6) is 1.55. The molecule has 0 saturated carbocycles. The molecule has 1 N–H and O–H groups in total. The molecule has 0 radical (unpaired) electrons. The van der Waals surface area contributed by atoms with Gasteiger partial charge in [0.05, 0.1) is 6.61 Å². The normalized spacial score (nSPS) is 10.4. The van der Waals surface area contributed by atoms with Crippen molar-refractivity contribution in [2.45, 2.75) is 26.4 Å². The number of ether oxygens (including phenoxy) is 2. The van der Waals surface area contributed by atoms with Crippen LogP contribution in [0, 0.1) is 6.92 Å². The predicted molar refractivity (Wildman–Crippen MR) is 112 cm³/mol. The first kappa shape index (κ1) is 20.6. The van der Waals surface area contributed by atoms with Crippen LogP contribution in [0.2, 0.25) is 5.02 Å². The van der Waals surface area contributed by atoms with Gasteiger partial charge in [0.15, 0.2) is 11.6 Å². The Hall–Kier alpha value is -3.12. The molecular formula is C22H22ClN3O3. The van der Waals surface area contributed by atoms with Crippen LogP contribution in [-0.2, 0) is 11.4 Å². The van der Waals surface area contributed by atoms with Crippen molar-refractivity contribution in [1.82, 2.24) is 9.97 Å². The number of nitrogens with one attached hydrogen (secondary N) is 1. The fourth-order valence-corrected chi connectivity index (χ4v) is 2.85. The van der Waals surface area contributed by atoms with Crippen LogP contribution in [0.25, 0.3) is 0 Å². The van der Waals surface area contributed by atoms with Crippen molar-refractivity contribution in [3.63, 3.8) is 0 Å². The Labute approximate surface area is 174 Å². The minimum absolute atomic E-state index is 0.145. The highest BCUT2D eigenvalue weighted by atomic mass is 35.5. The Bertz CT molecular complexity index is 951. The zero-order valence-corrected chi connectivity index (χ0v) is 16.9. The van der Waals surface area contributed by atoms with Gasteiger partial charge in [-0.15, -0.1) is 0 Å². The number of pyridine rings is 2. The average Bonchev–Trinajstić information content (AvgIpc) is 2.72. The lowest BCUT2D eigenvalue weighted by Gasteiger charge is -2.12. The molecule has 1 amide bonds. The second-order valence-electron chi connectivity index (χ2n) is 6.40. The molecule has 0 aliphatic carbocycles. The van der Waals surface area contributed by atoms with Gasteiger partial charge in [-0.3, -0.25) is 9.78 Å². The lowest BCUT2D eigenvalue weighted by Crippen LogP contribution is -2.15. The molecule has 1 aromatic carbocycles. The lowest BCUT2D eigenvalue weighted by atomic mass is 10.2. The van der Waals surface area contributed by atoms with E-state index in [1.165, 1.54) is 0 Å². The molecule has 2 aromatic heterocycles. The van der Waals surface area contributed by atoms with Gasteiger partial charge in [0, 0.05) is 30.0 Å². The third-order valence-electron chi connectivity index (χ3n) is 4.11. The van der Waals surface area contributed by atoms with Gasteiger partial charge in [-0.1, -0.05) is 11.6 Å². The molecule has 0 bridgehead atoms. The summed E-state index contributed by atoms with van der Waals surface area (Å²) in [6, 6.07) is 12.7. The number of aryl methyl sites for hydroxylation is 1. The molecule has 2 heterocycles. The number of aromatic nitrogens is 2. The van der Waals surface area contributed by atoms with Crippen LogP contribution in [-0.4, -0.2) is 22.5 Å². The smallest absolute Gasteiger partial charge is 0.225 e. The van der Waals surface area contributed by atoms with E-state index in [-0.39, 0.29) is 5.91 Å². The highest BCUT2D eigenvalue weighted by Crippen LogP contribution is 2.23. The van der Waals surface area contributed by atoms with E-state index in [0.717, 1.165) is 16.9 Å². The van der Waals surface area contributed by atoms with Crippen molar-refractivity contribution in [3.8, 4) is 11.5 Å². The molecule has 6 nitrogen and oxygen atoms in total. The quantitative estimate of drug-likeness (QED) is 0.511. The van der Waals surface area contributed by atoms with E-state index < -0.39 is 0 Å². The Morgan fingerprint density at radius 1 is 1.07 bits per heavy atom. The third-order valence-corrected chi connectivity index (χ3v) is 4.35. The summed E-state index contributed by atoms with van der Waals surface area (Å²) in [4.78, 5) is 20.5.